The van der Waals surface area contributed by atoms with Crippen LogP contribution in [0.5, 0.6) is 11.5 Å². The monoisotopic (exact) mass is 328 g/mol. The second kappa shape index (κ2) is 7.04. The van der Waals surface area contributed by atoms with Gasteiger partial charge in [0.05, 0.1) is 12.1 Å². The van der Waals surface area contributed by atoms with Crippen LogP contribution in [-0.4, -0.2) is 24.6 Å². The number of hydrogen-bond acceptors (Lipinski definition) is 4. The molecule has 1 heterocycles. The third kappa shape index (κ3) is 3.82. The van der Waals surface area contributed by atoms with Crippen molar-refractivity contribution in [1.82, 2.24) is 4.98 Å². The van der Waals surface area contributed by atoms with Gasteiger partial charge in [0.25, 0.3) is 5.91 Å². The molecule has 0 aliphatic carbocycles. The first-order chi connectivity index (χ1) is 10.5. The molecule has 1 aromatic carbocycles. The number of pyridine rings is 1. The van der Waals surface area contributed by atoms with Gasteiger partial charge in [0.15, 0.2) is 11.6 Å². The standard InChI is InChI=1S/C14H11ClF2N2O3/c1-21-11-7-8(4-5-9(11)15)13(20)19-12-10(22-14(16)17)3-2-6-18-12/h2-7,14H,1H3,(H,18,19,20). The number of nitrogens with zero attached hydrogens (tertiary/aromatic N) is 1. The number of rotatable bonds is 5. The average Bonchev–Trinajstić information content (AvgIpc) is 2.49. The van der Waals surface area contributed by atoms with Gasteiger partial charge in [-0.15, -0.1) is 0 Å². The summed E-state index contributed by atoms with van der Waals surface area (Å²) in [5.74, 6) is -0.583. The molecule has 0 saturated heterocycles. The molecule has 2 rings (SSSR count). The zero-order chi connectivity index (χ0) is 16.1. The van der Waals surface area contributed by atoms with Crippen molar-refractivity contribution in [1.29, 1.82) is 0 Å². The maximum absolute atomic E-state index is 12.3. The van der Waals surface area contributed by atoms with Crippen LogP contribution in [0, 0.1) is 0 Å². The number of anilines is 1. The molecule has 5 nitrogen and oxygen atoms in total. The summed E-state index contributed by atoms with van der Waals surface area (Å²) in [4.78, 5) is 15.9. The highest BCUT2D eigenvalue weighted by atomic mass is 35.5. The van der Waals surface area contributed by atoms with E-state index in [1.807, 2.05) is 0 Å². The van der Waals surface area contributed by atoms with Gasteiger partial charge in [-0.25, -0.2) is 4.98 Å². The molecule has 0 radical (unpaired) electrons. The molecule has 8 heteroatoms. The van der Waals surface area contributed by atoms with Crippen molar-refractivity contribution in [3.63, 3.8) is 0 Å². The van der Waals surface area contributed by atoms with E-state index in [0.717, 1.165) is 0 Å². The van der Waals surface area contributed by atoms with E-state index >= 15 is 0 Å². The van der Waals surface area contributed by atoms with Gasteiger partial charge >= 0.3 is 6.61 Å². The molecule has 1 aromatic heterocycles. The molecule has 116 valence electrons. The van der Waals surface area contributed by atoms with Gasteiger partial charge in [-0.05, 0) is 30.3 Å². The first-order valence-electron chi connectivity index (χ1n) is 6.06. The summed E-state index contributed by atoms with van der Waals surface area (Å²) in [7, 11) is 1.41. The minimum absolute atomic E-state index is 0.110. The van der Waals surface area contributed by atoms with Crippen LogP contribution in [-0.2, 0) is 0 Å². The number of ether oxygens (including phenoxy) is 2. The summed E-state index contributed by atoms with van der Waals surface area (Å²) >= 11 is 5.87. The first kappa shape index (κ1) is 16.0. The smallest absolute Gasteiger partial charge is 0.387 e. The number of amides is 1. The zero-order valence-electron chi connectivity index (χ0n) is 11.3. The highest BCUT2D eigenvalue weighted by Crippen LogP contribution is 2.27. The number of methoxy groups -OCH3 is 1. The van der Waals surface area contributed by atoms with Gasteiger partial charge in [-0.3, -0.25) is 4.79 Å². The molecule has 0 bridgehead atoms. The number of halogens is 3. The van der Waals surface area contributed by atoms with E-state index in [-0.39, 0.29) is 17.1 Å². The van der Waals surface area contributed by atoms with E-state index in [1.165, 1.54) is 43.6 Å². The van der Waals surface area contributed by atoms with Crippen molar-refractivity contribution in [2.24, 2.45) is 0 Å². The molecule has 0 aliphatic heterocycles. The maximum atomic E-state index is 12.3. The fourth-order valence-corrected chi connectivity index (χ4v) is 1.85. The third-order valence-corrected chi connectivity index (χ3v) is 2.94. The Bertz CT molecular complexity index is 683. The van der Waals surface area contributed by atoms with Crippen LogP contribution in [0.4, 0.5) is 14.6 Å². The number of carbonyl (C=O) groups is 1. The van der Waals surface area contributed by atoms with Crippen LogP contribution in [0.1, 0.15) is 10.4 Å². The summed E-state index contributed by atoms with van der Waals surface area (Å²) in [5, 5.41) is 2.74. The van der Waals surface area contributed by atoms with E-state index < -0.39 is 12.5 Å². The Morgan fingerprint density at radius 2 is 2.09 bits per heavy atom. The summed E-state index contributed by atoms with van der Waals surface area (Å²) in [6.45, 7) is -3.02. The van der Waals surface area contributed by atoms with Crippen LogP contribution in [0.15, 0.2) is 36.5 Å². The van der Waals surface area contributed by atoms with Gasteiger partial charge in [0.2, 0.25) is 0 Å². The van der Waals surface area contributed by atoms with Gasteiger partial charge in [0.1, 0.15) is 5.75 Å². The number of aromatic nitrogens is 1. The second-order valence-corrected chi connectivity index (χ2v) is 4.44. The molecule has 1 amide bonds. The molecule has 2 aromatic rings. The van der Waals surface area contributed by atoms with Gasteiger partial charge < -0.3 is 14.8 Å². The second-order valence-electron chi connectivity index (χ2n) is 4.03. The number of benzene rings is 1. The zero-order valence-corrected chi connectivity index (χ0v) is 12.1. The minimum Gasteiger partial charge on any atom is -0.495 e. The number of alkyl halides is 2. The third-order valence-electron chi connectivity index (χ3n) is 2.63. The Hall–Kier alpha value is -2.41. The van der Waals surface area contributed by atoms with Crippen molar-refractivity contribution < 1.29 is 23.0 Å². The van der Waals surface area contributed by atoms with Gasteiger partial charge in [-0.2, -0.15) is 8.78 Å². The van der Waals surface area contributed by atoms with Crippen LogP contribution >= 0.6 is 11.6 Å². The Labute approximate surface area is 129 Å². The lowest BCUT2D eigenvalue weighted by molar-refractivity contribution is -0.0495. The summed E-state index contributed by atoms with van der Waals surface area (Å²) < 4.78 is 33.9. The average molecular weight is 329 g/mol. The lowest BCUT2D eigenvalue weighted by Gasteiger charge is -2.11. The Morgan fingerprint density at radius 3 is 2.77 bits per heavy atom. The van der Waals surface area contributed by atoms with Crippen LogP contribution in [0.2, 0.25) is 5.02 Å². The van der Waals surface area contributed by atoms with E-state index in [1.54, 1.807) is 0 Å². The van der Waals surface area contributed by atoms with E-state index in [0.29, 0.717) is 10.8 Å². The molecule has 22 heavy (non-hydrogen) atoms. The fourth-order valence-electron chi connectivity index (χ4n) is 1.66. The van der Waals surface area contributed by atoms with Crippen molar-refractivity contribution >= 4 is 23.3 Å². The number of carbonyl (C=O) groups excluding carboxylic acids is 1. The molecule has 0 spiro atoms. The molecule has 0 saturated carbocycles. The van der Waals surface area contributed by atoms with Crippen molar-refractivity contribution in [2.75, 3.05) is 12.4 Å². The normalized spacial score (nSPS) is 10.4. The molecule has 0 atom stereocenters. The van der Waals surface area contributed by atoms with Crippen LogP contribution in [0.3, 0.4) is 0 Å². The molecular weight excluding hydrogens is 318 g/mol. The van der Waals surface area contributed by atoms with Gasteiger partial charge in [-0.1, -0.05) is 11.6 Å². The summed E-state index contributed by atoms with van der Waals surface area (Å²) in [5.41, 5.74) is 0.231. The fraction of sp³-hybridized carbons (Fsp3) is 0.143. The lowest BCUT2D eigenvalue weighted by Crippen LogP contribution is -2.15. The Balaban J connectivity index is 2.22. The van der Waals surface area contributed by atoms with E-state index in [2.05, 4.69) is 15.0 Å². The molecule has 1 N–H and O–H groups in total. The molecule has 0 unspecified atom stereocenters. The van der Waals surface area contributed by atoms with Crippen molar-refractivity contribution in [3.05, 3.63) is 47.1 Å². The summed E-state index contributed by atoms with van der Waals surface area (Å²) in [6, 6.07) is 7.07. The largest absolute Gasteiger partial charge is 0.495 e. The first-order valence-corrected chi connectivity index (χ1v) is 6.43. The molecule has 0 aliphatic rings. The van der Waals surface area contributed by atoms with Crippen molar-refractivity contribution in [3.8, 4) is 11.5 Å². The topological polar surface area (TPSA) is 60.5 Å². The highest BCUT2D eigenvalue weighted by molar-refractivity contribution is 6.32. The predicted octanol–water partition coefficient (Wildman–Crippen LogP) is 3.60. The Morgan fingerprint density at radius 1 is 1.32 bits per heavy atom. The van der Waals surface area contributed by atoms with Crippen molar-refractivity contribution in [2.45, 2.75) is 6.61 Å². The highest BCUT2D eigenvalue weighted by Gasteiger charge is 2.15. The van der Waals surface area contributed by atoms with Crippen LogP contribution < -0.4 is 14.8 Å². The minimum atomic E-state index is -3.02. The molecule has 0 fully saturated rings. The predicted molar refractivity (Wildman–Crippen MR) is 76.8 cm³/mol. The quantitative estimate of drug-likeness (QED) is 0.911. The SMILES string of the molecule is COc1cc(C(=O)Nc2ncccc2OC(F)F)ccc1Cl. The number of nitrogens with one attached hydrogen (secondary N) is 1. The Kier molecular flexibility index (Phi) is 5.11. The maximum Gasteiger partial charge on any atom is 0.387 e. The van der Waals surface area contributed by atoms with Crippen LogP contribution in [0.25, 0.3) is 0 Å². The van der Waals surface area contributed by atoms with E-state index in [4.69, 9.17) is 16.3 Å². The van der Waals surface area contributed by atoms with E-state index in [9.17, 15) is 13.6 Å². The number of hydrogen-bond donors (Lipinski definition) is 1. The lowest BCUT2D eigenvalue weighted by atomic mass is 10.2. The molecular formula is C14H11ClF2N2O3. The van der Waals surface area contributed by atoms with Gasteiger partial charge in [0, 0.05) is 11.8 Å². The summed E-state index contributed by atoms with van der Waals surface area (Å²) in [6.07, 6.45) is 1.34.